The van der Waals surface area contributed by atoms with Gasteiger partial charge in [0, 0.05) is 11.5 Å². The molecule has 1 aliphatic carbocycles. The zero-order valence-electron chi connectivity index (χ0n) is 16.1. The summed E-state index contributed by atoms with van der Waals surface area (Å²) >= 11 is 0. The zero-order valence-corrected chi connectivity index (χ0v) is 16.1. The molecule has 0 bridgehead atoms. The maximum Gasteiger partial charge on any atom is 0.118 e. The Morgan fingerprint density at radius 2 is 1.64 bits per heavy atom. The number of methoxy groups -OCH3 is 1. The number of hydrogen-bond acceptors (Lipinski definition) is 3. The Hall–Kier alpha value is -3.07. The largest absolute Gasteiger partial charge is 0.497 e. The fraction of sp³-hybridized carbons (Fsp3) is 0.240. The molecule has 0 amide bonds. The highest BCUT2D eigenvalue weighted by atomic mass is 16.5. The fourth-order valence-electron chi connectivity index (χ4n) is 4.59. The summed E-state index contributed by atoms with van der Waals surface area (Å²) in [4.78, 5) is 0. The van der Waals surface area contributed by atoms with Crippen molar-refractivity contribution < 1.29 is 4.74 Å². The van der Waals surface area contributed by atoms with Crippen LogP contribution in [0.15, 0.2) is 84.0 Å². The van der Waals surface area contributed by atoms with Crippen LogP contribution < -0.4 is 9.75 Å². The number of nitrogens with zero attached hydrogens (tertiary/aromatic N) is 2. The lowest BCUT2D eigenvalue weighted by molar-refractivity contribution is 0.414. The van der Waals surface area contributed by atoms with Crippen molar-refractivity contribution in [3.63, 3.8) is 0 Å². The Morgan fingerprint density at radius 1 is 0.893 bits per heavy atom. The number of rotatable bonds is 3. The number of anilines is 1. The van der Waals surface area contributed by atoms with Gasteiger partial charge in [-0.05, 0) is 54.7 Å². The van der Waals surface area contributed by atoms with Gasteiger partial charge in [-0.1, -0.05) is 54.6 Å². The third-order valence-electron chi connectivity index (χ3n) is 5.94. The quantitative estimate of drug-likeness (QED) is 0.600. The van der Waals surface area contributed by atoms with E-state index < -0.39 is 0 Å². The van der Waals surface area contributed by atoms with Crippen LogP contribution in [0.25, 0.3) is 0 Å². The van der Waals surface area contributed by atoms with Crippen LogP contribution in [-0.4, -0.2) is 12.8 Å². The Morgan fingerprint density at radius 3 is 2.43 bits per heavy atom. The molecule has 0 fully saturated rings. The highest BCUT2D eigenvalue weighted by molar-refractivity contribution is 6.06. The second-order valence-electron chi connectivity index (χ2n) is 7.54. The van der Waals surface area contributed by atoms with Gasteiger partial charge in [-0.25, -0.2) is 0 Å². The number of benzene rings is 3. The summed E-state index contributed by atoms with van der Waals surface area (Å²) in [5.41, 5.74) is 6.40. The van der Waals surface area contributed by atoms with E-state index in [0.29, 0.717) is 5.92 Å². The first-order valence-electron chi connectivity index (χ1n) is 10.00. The number of aryl methyl sites for hydroxylation is 1. The highest BCUT2D eigenvalue weighted by Crippen LogP contribution is 2.44. The van der Waals surface area contributed by atoms with Gasteiger partial charge in [0.2, 0.25) is 0 Å². The van der Waals surface area contributed by atoms with Crippen LogP contribution in [0, 0.1) is 5.92 Å². The summed E-state index contributed by atoms with van der Waals surface area (Å²) in [6.07, 6.45) is 3.47. The molecule has 0 radical (unpaired) electrons. The molecular formula is C25H24N2O. The van der Waals surface area contributed by atoms with Gasteiger partial charge in [0.25, 0.3) is 0 Å². The molecule has 5 rings (SSSR count). The normalized spacial score (nSPS) is 20.8. The van der Waals surface area contributed by atoms with Crippen LogP contribution in [0.3, 0.4) is 0 Å². The number of hydrazone groups is 1. The van der Waals surface area contributed by atoms with E-state index in [2.05, 4.69) is 83.9 Å². The molecular weight excluding hydrogens is 344 g/mol. The van der Waals surface area contributed by atoms with Gasteiger partial charge in [-0.2, -0.15) is 5.10 Å². The number of hydrogen-bond donors (Lipinski definition) is 0. The van der Waals surface area contributed by atoms with Gasteiger partial charge in [0.1, 0.15) is 5.75 Å². The molecule has 0 N–H and O–H groups in total. The van der Waals surface area contributed by atoms with E-state index in [1.165, 1.54) is 28.8 Å². The molecule has 3 heteroatoms. The van der Waals surface area contributed by atoms with Crippen molar-refractivity contribution in [2.24, 2.45) is 11.0 Å². The van der Waals surface area contributed by atoms with E-state index in [0.717, 1.165) is 24.3 Å². The molecule has 1 aliphatic heterocycles. The lowest BCUT2D eigenvalue weighted by Crippen LogP contribution is -2.25. The summed E-state index contributed by atoms with van der Waals surface area (Å²) in [5.74, 6) is 1.28. The molecule has 2 aliphatic rings. The molecule has 1 heterocycles. The topological polar surface area (TPSA) is 24.8 Å². The van der Waals surface area contributed by atoms with Crippen molar-refractivity contribution in [1.82, 2.24) is 0 Å². The van der Waals surface area contributed by atoms with Crippen molar-refractivity contribution >= 4 is 11.4 Å². The van der Waals surface area contributed by atoms with Crippen molar-refractivity contribution in [1.29, 1.82) is 0 Å². The molecule has 0 aromatic heterocycles. The Labute approximate surface area is 166 Å². The number of para-hydroxylation sites is 1. The molecule has 28 heavy (non-hydrogen) atoms. The smallest absolute Gasteiger partial charge is 0.118 e. The summed E-state index contributed by atoms with van der Waals surface area (Å²) in [6, 6.07) is 28.0. The maximum absolute atomic E-state index is 5.37. The first-order valence-corrected chi connectivity index (χ1v) is 10.00. The molecule has 3 nitrogen and oxygen atoms in total. The van der Waals surface area contributed by atoms with E-state index >= 15 is 0 Å². The van der Waals surface area contributed by atoms with Crippen molar-refractivity contribution in [2.75, 3.05) is 12.1 Å². The van der Waals surface area contributed by atoms with Crippen LogP contribution in [-0.2, 0) is 6.42 Å². The van der Waals surface area contributed by atoms with Gasteiger partial charge in [0.05, 0.1) is 24.6 Å². The minimum Gasteiger partial charge on any atom is -0.497 e. The fourth-order valence-corrected chi connectivity index (χ4v) is 4.59. The molecule has 0 spiro atoms. The van der Waals surface area contributed by atoms with E-state index in [9.17, 15) is 0 Å². The average molecular weight is 368 g/mol. The van der Waals surface area contributed by atoms with Crippen LogP contribution in [0.4, 0.5) is 5.69 Å². The summed E-state index contributed by atoms with van der Waals surface area (Å²) < 4.78 is 5.37. The second-order valence-corrected chi connectivity index (χ2v) is 7.54. The van der Waals surface area contributed by atoms with Crippen LogP contribution >= 0.6 is 0 Å². The van der Waals surface area contributed by atoms with Crippen LogP contribution in [0.5, 0.6) is 5.75 Å². The molecule has 3 aromatic carbocycles. The van der Waals surface area contributed by atoms with E-state index in [-0.39, 0.29) is 6.04 Å². The van der Waals surface area contributed by atoms with Crippen LogP contribution in [0.2, 0.25) is 0 Å². The molecule has 140 valence electrons. The molecule has 2 atom stereocenters. The lowest BCUT2D eigenvalue weighted by Gasteiger charge is -2.28. The maximum atomic E-state index is 5.37. The molecule has 3 aromatic rings. The monoisotopic (exact) mass is 368 g/mol. The highest BCUT2D eigenvalue weighted by Gasteiger charge is 2.40. The molecule has 2 unspecified atom stereocenters. The van der Waals surface area contributed by atoms with Gasteiger partial charge in [-0.15, -0.1) is 0 Å². The second kappa shape index (κ2) is 7.16. The van der Waals surface area contributed by atoms with E-state index in [1.54, 1.807) is 7.11 Å². The summed E-state index contributed by atoms with van der Waals surface area (Å²) in [5, 5.41) is 7.43. The van der Waals surface area contributed by atoms with Crippen molar-refractivity contribution in [3.8, 4) is 5.75 Å². The van der Waals surface area contributed by atoms with Crippen molar-refractivity contribution in [3.05, 3.63) is 95.6 Å². The van der Waals surface area contributed by atoms with Crippen LogP contribution in [0.1, 0.15) is 35.6 Å². The van der Waals surface area contributed by atoms with E-state index in [1.807, 2.05) is 0 Å². The van der Waals surface area contributed by atoms with Gasteiger partial charge < -0.3 is 4.74 Å². The average Bonchev–Trinajstić information content (AvgIpc) is 3.04. The van der Waals surface area contributed by atoms with Gasteiger partial charge in [0.15, 0.2) is 0 Å². The minimum absolute atomic E-state index is 0.203. The Kier molecular flexibility index (Phi) is 4.36. The standard InChI is InChI=1S/C25H24N2O/c1-28-21-16-14-19(15-17-21)25-23-13-7-9-18-8-5-6-12-22(18)24(23)26-27(25)20-10-3-2-4-11-20/h2-6,8,10-12,14-17,23,25H,7,9,13H2,1H3. The third-order valence-corrected chi connectivity index (χ3v) is 5.94. The predicted octanol–water partition coefficient (Wildman–Crippen LogP) is 5.61. The number of fused-ring (bicyclic) bond motifs is 3. The SMILES string of the molecule is COc1ccc(C2C3CCCc4ccccc4C3=NN2c2ccccc2)cc1. The Bertz CT molecular complexity index is 995. The predicted molar refractivity (Wildman–Crippen MR) is 114 cm³/mol. The first kappa shape index (κ1) is 17.1. The first-order chi connectivity index (χ1) is 13.8. The zero-order chi connectivity index (χ0) is 18.9. The minimum atomic E-state index is 0.203. The lowest BCUT2D eigenvalue weighted by atomic mass is 9.85. The van der Waals surface area contributed by atoms with Gasteiger partial charge >= 0.3 is 0 Å². The molecule has 0 saturated heterocycles. The Balaban J connectivity index is 1.64. The van der Waals surface area contributed by atoms with E-state index in [4.69, 9.17) is 9.84 Å². The number of ether oxygens (including phenoxy) is 1. The van der Waals surface area contributed by atoms with Crippen molar-refractivity contribution in [2.45, 2.75) is 25.3 Å². The summed E-state index contributed by atoms with van der Waals surface area (Å²) in [6.45, 7) is 0. The third kappa shape index (κ3) is 2.88. The van der Waals surface area contributed by atoms with Gasteiger partial charge in [-0.3, -0.25) is 5.01 Å². The molecule has 0 saturated carbocycles. The summed E-state index contributed by atoms with van der Waals surface area (Å²) in [7, 11) is 1.71.